The minimum atomic E-state index is -1.26. The highest BCUT2D eigenvalue weighted by Crippen LogP contribution is 2.29. The van der Waals surface area contributed by atoms with Gasteiger partial charge in [-0.15, -0.1) is 0 Å². The molecule has 0 bridgehead atoms. The maximum atomic E-state index is 12.8. The Hall–Kier alpha value is -3.99. The van der Waals surface area contributed by atoms with Gasteiger partial charge in [-0.25, -0.2) is 4.98 Å². The number of carbonyl (C=O) groups is 1. The molecule has 0 amide bonds. The first-order valence-electron chi connectivity index (χ1n) is 7.64. The van der Waals surface area contributed by atoms with Gasteiger partial charge in [0.15, 0.2) is 11.5 Å². The van der Waals surface area contributed by atoms with Crippen LogP contribution in [0.4, 0.5) is 5.69 Å². The molecule has 4 aromatic rings. The number of H-pyrrole nitrogens is 1. The highest BCUT2D eigenvalue weighted by atomic mass is 16.6. The first kappa shape index (κ1) is 15.5. The van der Waals surface area contributed by atoms with Crippen LogP contribution in [-0.4, -0.2) is 20.7 Å². The Labute approximate surface area is 145 Å². The number of nitro groups is 1. The number of rotatable bonds is 4. The molecule has 126 valence electrons. The number of aromatic nitrogens is 2. The van der Waals surface area contributed by atoms with Crippen molar-refractivity contribution in [3.63, 3.8) is 0 Å². The zero-order valence-electron chi connectivity index (χ0n) is 13.2. The fraction of sp³-hybridized carbons (Fsp3) is 0.0556. The van der Waals surface area contributed by atoms with Crippen LogP contribution in [0.25, 0.3) is 22.0 Å². The van der Waals surface area contributed by atoms with Crippen LogP contribution < -0.4 is 0 Å². The number of Topliss-reactive ketones (excluding diaryl/α,β-unsaturated/α-hetero) is 1. The molecule has 0 fully saturated rings. The number of para-hydroxylation sites is 3. The maximum Gasteiger partial charge on any atom is 0.293 e. The second-order valence-corrected chi connectivity index (χ2v) is 5.63. The van der Waals surface area contributed by atoms with Crippen LogP contribution in [0.1, 0.15) is 22.3 Å². The molecule has 1 atom stereocenters. The number of nitrogens with one attached hydrogen (secondary N) is 1. The fourth-order valence-corrected chi connectivity index (χ4v) is 2.82. The summed E-state index contributed by atoms with van der Waals surface area (Å²) in [6.45, 7) is 0. The second-order valence-electron chi connectivity index (χ2n) is 5.63. The number of hydrogen-bond acceptors (Lipinski definition) is 6. The van der Waals surface area contributed by atoms with Gasteiger partial charge in [-0.2, -0.15) is 5.26 Å². The summed E-state index contributed by atoms with van der Waals surface area (Å²) in [5.74, 6) is -1.83. The summed E-state index contributed by atoms with van der Waals surface area (Å²) in [4.78, 5) is 30.3. The summed E-state index contributed by atoms with van der Waals surface area (Å²) in [7, 11) is 0. The molecule has 1 N–H and O–H groups in total. The summed E-state index contributed by atoms with van der Waals surface area (Å²) in [5, 5.41) is 21.1. The Morgan fingerprint density at radius 2 is 2.08 bits per heavy atom. The van der Waals surface area contributed by atoms with Crippen molar-refractivity contribution in [3.05, 3.63) is 70.2 Å². The van der Waals surface area contributed by atoms with Gasteiger partial charge in [0.05, 0.1) is 16.7 Å². The van der Waals surface area contributed by atoms with E-state index in [1.54, 1.807) is 30.3 Å². The van der Waals surface area contributed by atoms with Crippen LogP contribution in [-0.2, 0) is 0 Å². The molecule has 26 heavy (non-hydrogen) atoms. The molecular weight excluding hydrogens is 336 g/mol. The summed E-state index contributed by atoms with van der Waals surface area (Å²) in [6, 6.07) is 14.8. The minimum absolute atomic E-state index is 0.00754. The molecule has 0 spiro atoms. The van der Waals surface area contributed by atoms with Crippen molar-refractivity contribution in [2.24, 2.45) is 0 Å². The number of nitrogens with zero attached hydrogens (tertiary/aromatic N) is 3. The van der Waals surface area contributed by atoms with E-state index in [1.165, 1.54) is 18.2 Å². The second kappa shape index (κ2) is 5.82. The van der Waals surface area contributed by atoms with Crippen molar-refractivity contribution in [1.29, 1.82) is 5.26 Å². The number of non-ortho nitro benzene ring substituents is 1. The largest absolute Gasteiger partial charge is 0.439 e. The predicted molar refractivity (Wildman–Crippen MR) is 91.6 cm³/mol. The lowest BCUT2D eigenvalue weighted by Gasteiger charge is -2.01. The van der Waals surface area contributed by atoms with Crippen LogP contribution in [0.2, 0.25) is 0 Å². The average molecular weight is 346 g/mol. The fourth-order valence-electron chi connectivity index (χ4n) is 2.82. The molecule has 0 aliphatic carbocycles. The lowest BCUT2D eigenvalue weighted by Crippen LogP contribution is -2.12. The molecular formula is C18H10N4O4. The van der Waals surface area contributed by atoms with Crippen LogP contribution in [0.3, 0.4) is 0 Å². The Bertz CT molecular complexity index is 1180. The molecule has 0 saturated heterocycles. The lowest BCUT2D eigenvalue weighted by molar-refractivity contribution is -0.383. The van der Waals surface area contributed by atoms with Crippen molar-refractivity contribution >= 4 is 33.5 Å². The highest BCUT2D eigenvalue weighted by molar-refractivity contribution is 6.05. The monoisotopic (exact) mass is 346 g/mol. The van der Waals surface area contributed by atoms with E-state index >= 15 is 0 Å². The van der Waals surface area contributed by atoms with Crippen molar-refractivity contribution in [2.75, 3.05) is 0 Å². The van der Waals surface area contributed by atoms with E-state index < -0.39 is 16.6 Å². The quantitative estimate of drug-likeness (QED) is 0.341. The maximum absolute atomic E-state index is 12.8. The number of fused-ring (bicyclic) bond motifs is 2. The smallest absolute Gasteiger partial charge is 0.293 e. The van der Waals surface area contributed by atoms with Gasteiger partial charge in [-0.05, 0) is 18.2 Å². The third kappa shape index (κ3) is 2.39. The van der Waals surface area contributed by atoms with Crippen LogP contribution in [0, 0.1) is 21.4 Å². The van der Waals surface area contributed by atoms with Crippen molar-refractivity contribution < 1.29 is 14.1 Å². The number of nitro benzene ring substituents is 1. The molecule has 0 aliphatic rings. The highest BCUT2D eigenvalue weighted by Gasteiger charge is 2.29. The summed E-state index contributed by atoms with van der Waals surface area (Å²) in [6.07, 6.45) is 0. The Morgan fingerprint density at radius 1 is 1.27 bits per heavy atom. The Kier molecular flexibility index (Phi) is 3.48. The molecule has 2 heterocycles. The summed E-state index contributed by atoms with van der Waals surface area (Å²) < 4.78 is 5.52. The summed E-state index contributed by atoms with van der Waals surface area (Å²) in [5.41, 5.74) is 1.20. The third-order valence-electron chi connectivity index (χ3n) is 4.05. The van der Waals surface area contributed by atoms with Gasteiger partial charge >= 0.3 is 0 Å². The normalized spacial score (nSPS) is 12.1. The van der Waals surface area contributed by atoms with Crippen molar-refractivity contribution in [3.8, 4) is 6.07 Å². The van der Waals surface area contributed by atoms with E-state index in [0.29, 0.717) is 16.5 Å². The number of nitriles is 1. The van der Waals surface area contributed by atoms with Gasteiger partial charge in [0, 0.05) is 11.5 Å². The lowest BCUT2D eigenvalue weighted by atomic mass is 10.0. The van der Waals surface area contributed by atoms with Gasteiger partial charge in [0.1, 0.15) is 11.0 Å². The molecule has 4 rings (SSSR count). The molecule has 2 aromatic heterocycles. The first-order valence-corrected chi connectivity index (χ1v) is 7.64. The summed E-state index contributed by atoms with van der Waals surface area (Å²) >= 11 is 0. The van der Waals surface area contributed by atoms with Crippen LogP contribution in [0.15, 0.2) is 52.9 Å². The topological polar surface area (TPSA) is 126 Å². The molecule has 0 radical (unpaired) electrons. The van der Waals surface area contributed by atoms with Gasteiger partial charge < -0.3 is 9.40 Å². The zero-order chi connectivity index (χ0) is 18.3. The van der Waals surface area contributed by atoms with Crippen molar-refractivity contribution in [1.82, 2.24) is 9.97 Å². The minimum Gasteiger partial charge on any atom is -0.439 e. The van der Waals surface area contributed by atoms with Gasteiger partial charge in [-0.3, -0.25) is 14.9 Å². The molecule has 0 unspecified atom stereocenters. The number of ketones is 1. The third-order valence-corrected chi connectivity index (χ3v) is 4.05. The zero-order valence-corrected chi connectivity index (χ0v) is 13.2. The van der Waals surface area contributed by atoms with Gasteiger partial charge in [0.2, 0.25) is 11.7 Å². The number of benzene rings is 2. The van der Waals surface area contributed by atoms with E-state index in [4.69, 9.17) is 4.42 Å². The van der Waals surface area contributed by atoms with Gasteiger partial charge in [0.25, 0.3) is 5.69 Å². The molecule has 2 aromatic carbocycles. The van der Waals surface area contributed by atoms with E-state index in [-0.39, 0.29) is 22.8 Å². The van der Waals surface area contributed by atoms with E-state index in [0.717, 1.165) is 0 Å². The molecule has 0 saturated carbocycles. The number of carbonyl (C=O) groups excluding carboxylic acids is 1. The Balaban J connectivity index is 1.78. The number of hydrogen-bond donors (Lipinski definition) is 1. The first-order chi connectivity index (χ1) is 12.6. The van der Waals surface area contributed by atoms with Crippen LogP contribution >= 0.6 is 0 Å². The molecule has 8 nitrogen and oxygen atoms in total. The Morgan fingerprint density at radius 3 is 2.81 bits per heavy atom. The standard InChI is InChI=1S/C18H10N4O4/c19-9-11(18-21-12-5-1-2-7-15(12)26-18)17(23)13-8-10-4-3-6-14(22(24)25)16(10)20-13/h1-8,11,20H/t11-/m0/s1. The molecule has 0 aliphatic heterocycles. The number of aromatic amines is 1. The average Bonchev–Trinajstić information content (AvgIpc) is 3.25. The SMILES string of the molecule is N#C[C@@H](C(=O)c1cc2cccc([N+](=O)[O-])c2[nH]1)c1nc2ccccc2o1. The van der Waals surface area contributed by atoms with E-state index in [2.05, 4.69) is 9.97 Å². The van der Waals surface area contributed by atoms with Crippen LogP contribution in [0.5, 0.6) is 0 Å². The number of oxazole rings is 1. The van der Waals surface area contributed by atoms with Gasteiger partial charge in [-0.1, -0.05) is 24.3 Å². The van der Waals surface area contributed by atoms with E-state index in [1.807, 2.05) is 6.07 Å². The predicted octanol–water partition coefficient (Wildman–Crippen LogP) is 3.71. The molecule has 8 heteroatoms. The van der Waals surface area contributed by atoms with E-state index in [9.17, 15) is 20.2 Å². The van der Waals surface area contributed by atoms with Crippen molar-refractivity contribution in [2.45, 2.75) is 5.92 Å².